The number of nitrogens with one attached hydrogen (secondary N) is 1. The van der Waals surface area contributed by atoms with Crippen molar-refractivity contribution < 1.29 is 9.90 Å². The molecule has 0 saturated heterocycles. The summed E-state index contributed by atoms with van der Waals surface area (Å²) >= 11 is 0. The Hall–Kier alpha value is -1.77. The number of aliphatic carboxylic acids is 1. The number of carboxylic acid groups (broad SMARTS) is 1. The fraction of sp³-hybridized carbons (Fsp3) is 0.357. The maximum absolute atomic E-state index is 10.4. The molecule has 0 aromatic heterocycles. The molecule has 0 radical (unpaired) electrons. The second kappa shape index (κ2) is 6.74. The smallest absolute Gasteiger partial charge is 0.328 e. The van der Waals surface area contributed by atoms with E-state index in [0.717, 1.165) is 30.2 Å². The normalized spacial score (nSPS) is 11.0. The fourth-order valence-corrected chi connectivity index (χ4v) is 1.63. The van der Waals surface area contributed by atoms with Crippen LogP contribution in [-0.2, 0) is 4.79 Å². The number of carbonyl (C=O) groups is 1. The molecule has 0 fully saturated rings. The molecule has 1 aromatic rings. The van der Waals surface area contributed by atoms with Crippen molar-refractivity contribution in [2.75, 3.05) is 5.32 Å². The number of hydrogen-bond donors (Lipinski definition) is 2. The highest BCUT2D eigenvalue weighted by atomic mass is 16.4. The minimum Gasteiger partial charge on any atom is -0.478 e. The van der Waals surface area contributed by atoms with Crippen molar-refractivity contribution in [1.82, 2.24) is 0 Å². The van der Waals surface area contributed by atoms with E-state index in [1.165, 1.54) is 0 Å². The van der Waals surface area contributed by atoms with Gasteiger partial charge in [0.2, 0.25) is 0 Å². The molecule has 0 aliphatic rings. The Labute approximate surface area is 102 Å². The Morgan fingerprint density at radius 2 is 2.12 bits per heavy atom. The molecule has 0 aliphatic heterocycles. The number of anilines is 1. The number of hydrogen-bond acceptors (Lipinski definition) is 2. The van der Waals surface area contributed by atoms with E-state index >= 15 is 0 Å². The molecule has 0 saturated carbocycles. The second-order valence-corrected chi connectivity index (χ2v) is 3.95. The Morgan fingerprint density at radius 3 is 2.71 bits per heavy atom. The van der Waals surface area contributed by atoms with Crippen LogP contribution in [0.15, 0.2) is 30.3 Å². The summed E-state index contributed by atoms with van der Waals surface area (Å²) in [7, 11) is 0. The monoisotopic (exact) mass is 233 g/mol. The van der Waals surface area contributed by atoms with Crippen molar-refractivity contribution in [3.63, 3.8) is 0 Å². The summed E-state index contributed by atoms with van der Waals surface area (Å²) in [6.07, 6.45) is 4.90. The third-order valence-corrected chi connectivity index (χ3v) is 2.66. The number of rotatable bonds is 6. The van der Waals surface area contributed by atoms with E-state index < -0.39 is 5.97 Å². The predicted octanol–water partition coefficient (Wildman–Crippen LogP) is 3.38. The maximum atomic E-state index is 10.4. The van der Waals surface area contributed by atoms with Crippen LogP contribution in [0.3, 0.4) is 0 Å². The Kier molecular flexibility index (Phi) is 5.27. The first-order valence-corrected chi connectivity index (χ1v) is 5.93. The SMILES string of the molecule is CCC(CC)Nc1cccc(/C=C/C(=O)O)c1. The molecule has 1 rings (SSSR count). The van der Waals surface area contributed by atoms with E-state index in [-0.39, 0.29) is 0 Å². The highest BCUT2D eigenvalue weighted by molar-refractivity contribution is 5.85. The summed E-state index contributed by atoms with van der Waals surface area (Å²) in [6, 6.07) is 8.23. The minimum absolute atomic E-state index is 0.466. The minimum atomic E-state index is -0.927. The first kappa shape index (κ1) is 13.3. The quantitative estimate of drug-likeness (QED) is 0.740. The van der Waals surface area contributed by atoms with Gasteiger partial charge in [0, 0.05) is 17.8 Å². The zero-order valence-corrected chi connectivity index (χ0v) is 10.3. The van der Waals surface area contributed by atoms with Crippen LogP contribution in [0, 0.1) is 0 Å². The Morgan fingerprint density at radius 1 is 1.41 bits per heavy atom. The summed E-state index contributed by atoms with van der Waals surface area (Å²) < 4.78 is 0. The van der Waals surface area contributed by atoms with Gasteiger partial charge in [-0.3, -0.25) is 0 Å². The van der Waals surface area contributed by atoms with E-state index in [0.29, 0.717) is 6.04 Å². The van der Waals surface area contributed by atoms with Crippen LogP contribution in [0.2, 0.25) is 0 Å². The molecular weight excluding hydrogens is 214 g/mol. The van der Waals surface area contributed by atoms with Crippen LogP contribution >= 0.6 is 0 Å². The molecule has 1 aromatic carbocycles. The molecule has 3 heteroatoms. The van der Waals surface area contributed by atoms with E-state index in [9.17, 15) is 4.79 Å². The van der Waals surface area contributed by atoms with E-state index in [4.69, 9.17) is 5.11 Å². The topological polar surface area (TPSA) is 49.3 Å². The number of benzene rings is 1. The molecule has 0 spiro atoms. The van der Waals surface area contributed by atoms with Gasteiger partial charge >= 0.3 is 5.97 Å². The highest BCUT2D eigenvalue weighted by Gasteiger charge is 2.02. The van der Waals surface area contributed by atoms with Gasteiger partial charge < -0.3 is 10.4 Å². The second-order valence-electron chi connectivity index (χ2n) is 3.95. The van der Waals surface area contributed by atoms with E-state index in [1.807, 2.05) is 24.3 Å². The van der Waals surface area contributed by atoms with Gasteiger partial charge in [-0.25, -0.2) is 4.79 Å². The Bertz CT molecular complexity index is 395. The lowest BCUT2D eigenvalue weighted by Gasteiger charge is -2.16. The average Bonchev–Trinajstić information content (AvgIpc) is 2.34. The molecule has 0 bridgehead atoms. The van der Waals surface area contributed by atoms with Gasteiger partial charge in [0.25, 0.3) is 0 Å². The standard InChI is InChI=1S/C14H19NO2/c1-3-12(4-2)15-13-7-5-6-11(10-13)8-9-14(16)17/h5-10,12,15H,3-4H2,1-2H3,(H,16,17)/b9-8+. The summed E-state index contributed by atoms with van der Waals surface area (Å²) in [5, 5.41) is 12.0. The highest BCUT2D eigenvalue weighted by Crippen LogP contribution is 2.15. The zero-order chi connectivity index (χ0) is 12.7. The largest absolute Gasteiger partial charge is 0.478 e. The van der Waals surface area contributed by atoms with Crippen LogP contribution < -0.4 is 5.32 Å². The van der Waals surface area contributed by atoms with Crippen LogP contribution in [0.4, 0.5) is 5.69 Å². The van der Waals surface area contributed by atoms with Crippen molar-refractivity contribution in [2.45, 2.75) is 32.7 Å². The van der Waals surface area contributed by atoms with Crippen LogP contribution in [0.1, 0.15) is 32.3 Å². The van der Waals surface area contributed by atoms with Gasteiger partial charge in [-0.05, 0) is 36.6 Å². The molecule has 0 aliphatic carbocycles. The fourth-order valence-electron chi connectivity index (χ4n) is 1.63. The van der Waals surface area contributed by atoms with Crippen molar-refractivity contribution >= 4 is 17.7 Å². The zero-order valence-electron chi connectivity index (χ0n) is 10.3. The summed E-state index contributed by atoms with van der Waals surface area (Å²) in [4.78, 5) is 10.4. The van der Waals surface area contributed by atoms with Crippen molar-refractivity contribution in [3.8, 4) is 0 Å². The molecule has 0 atom stereocenters. The lowest BCUT2D eigenvalue weighted by molar-refractivity contribution is -0.131. The third kappa shape index (κ3) is 4.72. The molecule has 0 heterocycles. The van der Waals surface area contributed by atoms with Gasteiger partial charge in [0.15, 0.2) is 0 Å². The maximum Gasteiger partial charge on any atom is 0.328 e. The molecule has 17 heavy (non-hydrogen) atoms. The molecular formula is C14H19NO2. The molecule has 0 unspecified atom stereocenters. The lowest BCUT2D eigenvalue weighted by atomic mass is 10.1. The van der Waals surface area contributed by atoms with Crippen LogP contribution in [0.25, 0.3) is 6.08 Å². The van der Waals surface area contributed by atoms with E-state index in [1.54, 1.807) is 6.08 Å². The van der Waals surface area contributed by atoms with Crippen LogP contribution in [-0.4, -0.2) is 17.1 Å². The van der Waals surface area contributed by atoms with Crippen molar-refractivity contribution in [1.29, 1.82) is 0 Å². The summed E-state index contributed by atoms with van der Waals surface area (Å²) in [5.74, 6) is -0.927. The van der Waals surface area contributed by atoms with Gasteiger partial charge in [-0.1, -0.05) is 26.0 Å². The molecule has 0 amide bonds. The molecule has 2 N–H and O–H groups in total. The molecule has 3 nitrogen and oxygen atoms in total. The van der Waals surface area contributed by atoms with Crippen LogP contribution in [0.5, 0.6) is 0 Å². The van der Waals surface area contributed by atoms with Gasteiger partial charge in [0.05, 0.1) is 0 Å². The van der Waals surface area contributed by atoms with Gasteiger partial charge in [0.1, 0.15) is 0 Å². The first-order chi connectivity index (χ1) is 8.15. The van der Waals surface area contributed by atoms with Crippen molar-refractivity contribution in [2.24, 2.45) is 0 Å². The van der Waals surface area contributed by atoms with Gasteiger partial charge in [-0.2, -0.15) is 0 Å². The van der Waals surface area contributed by atoms with Crippen molar-refractivity contribution in [3.05, 3.63) is 35.9 Å². The Balaban J connectivity index is 2.75. The summed E-state index contributed by atoms with van der Waals surface area (Å²) in [6.45, 7) is 4.30. The van der Waals surface area contributed by atoms with Gasteiger partial charge in [-0.15, -0.1) is 0 Å². The van der Waals surface area contributed by atoms with E-state index in [2.05, 4.69) is 19.2 Å². The number of carboxylic acids is 1. The third-order valence-electron chi connectivity index (χ3n) is 2.66. The average molecular weight is 233 g/mol. The first-order valence-electron chi connectivity index (χ1n) is 5.93. The predicted molar refractivity (Wildman–Crippen MR) is 71.1 cm³/mol. The summed E-state index contributed by atoms with van der Waals surface area (Å²) in [5.41, 5.74) is 1.93. The lowest BCUT2D eigenvalue weighted by Crippen LogP contribution is -2.16. The molecule has 92 valence electrons.